The van der Waals surface area contributed by atoms with Crippen molar-refractivity contribution in [1.29, 1.82) is 0 Å². The van der Waals surface area contributed by atoms with Gasteiger partial charge in [-0.3, -0.25) is 0 Å². The molecule has 0 saturated heterocycles. The number of rotatable bonds is 5. The Morgan fingerprint density at radius 3 is 2.65 bits per heavy atom. The minimum absolute atomic E-state index is 0.0374. The molecule has 1 fully saturated rings. The first-order valence-electron chi connectivity index (χ1n) is 9.81. The van der Waals surface area contributed by atoms with Gasteiger partial charge in [0.2, 0.25) is 16.0 Å². The van der Waals surface area contributed by atoms with Crippen LogP contribution in [0.5, 0.6) is 0 Å². The van der Waals surface area contributed by atoms with Crippen molar-refractivity contribution >= 4 is 38.8 Å². The summed E-state index contributed by atoms with van der Waals surface area (Å²) in [6.45, 7) is 1.67. The van der Waals surface area contributed by atoms with Crippen molar-refractivity contribution in [3.63, 3.8) is 0 Å². The largest absolute Gasteiger partial charge is 0.465 e. The molecule has 5 N–H and O–H groups in total. The number of hydrogen-bond donors (Lipinski definition) is 4. The molecule has 1 aromatic carbocycles. The van der Waals surface area contributed by atoms with E-state index in [4.69, 9.17) is 10.2 Å². The number of anilines is 2. The summed E-state index contributed by atoms with van der Waals surface area (Å²) in [6, 6.07) is 4.91. The molecule has 2 aromatic heterocycles. The molecule has 0 spiro atoms. The highest BCUT2D eigenvalue weighted by molar-refractivity contribution is 7.89. The summed E-state index contributed by atoms with van der Waals surface area (Å²) in [5.74, 6) is 0.305. The lowest BCUT2D eigenvalue weighted by Crippen LogP contribution is -2.37. The van der Waals surface area contributed by atoms with Gasteiger partial charge in [-0.2, -0.15) is 10.1 Å². The molecule has 11 nitrogen and oxygen atoms in total. The van der Waals surface area contributed by atoms with Gasteiger partial charge in [0.1, 0.15) is 0 Å². The van der Waals surface area contributed by atoms with E-state index in [-0.39, 0.29) is 17.0 Å². The number of aromatic nitrogens is 4. The first kappa shape index (κ1) is 21.0. The molecule has 0 atom stereocenters. The number of nitrogens with two attached hydrogens (primary N) is 1. The Kier molecular flexibility index (Phi) is 5.50. The summed E-state index contributed by atoms with van der Waals surface area (Å²) >= 11 is 0. The summed E-state index contributed by atoms with van der Waals surface area (Å²) in [7, 11) is -3.84. The minimum atomic E-state index is -3.84. The van der Waals surface area contributed by atoms with Crippen LogP contribution in [0.1, 0.15) is 37.3 Å². The summed E-state index contributed by atoms with van der Waals surface area (Å²) < 4.78 is 25.4. The Balaban J connectivity index is 1.56. The van der Waals surface area contributed by atoms with E-state index in [1.807, 2.05) is 4.68 Å². The number of carboxylic acid groups (broad SMARTS) is 1. The lowest BCUT2D eigenvalue weighted by Gasteiger charge is -2.28. The molecule has 0 radical (unpaired) electrons. The molecular weight excluding hydrogens is 422 g/mol. The summed E-state index contributed by atoms with van der Waals surface area (Å²) in [5.41, 5.74) is 1.71. The van der Waals surface area contributed by atoms with Crippen LogP contribution in [0.25, 0.3) is 11.0 Å². The molecule has 2 heterocycles. The smallest absolute Gasteiger partial charge is 0.404 e. The SMILES string of the molecule is Cc1ccc(Nc2ncc3cnn([C@H]4CC[C@H](NC(=O)O)CC4)c3n2)cc1S(N)(=O)=O. The van der Waals surface area contributed by atoms with Gasteiger partial charge in [-0.25, -0.2) is 28.0 Å². The first-order valence-corrected chi connectivity index (χ1v) is 11.4. The van der Waals surface area contributed by atoms with Crippen LogP contribution >= 0.6 is 0 Å². The van der Waals surface area contributed by atoms with E-state index in [1.54, 1.807) is 31.5 Å². The molecule has 12 heteroatoms. The number of primary sulfonamides is 1. The van der Waals surface area contributed by atoms with E-state index in [0.717, 1.165) is 31.1 Å². The Morgan fingerprint density at radius 2 is 1.97 bits per heavy atom. The Bertz CT molecular complexity index is 1230. The van der Waals surface area contributed by atoms with Crippen LogP contribution in [0.2, 0.25) is 0 Å². The van der Waals surface area contributed by atoms with Gasteiger partial charge in [-0.15, -0.1) is 0 Å². The van der Waals surface area contributed by atoms with Gasteiger partial charge in [0.05, 0.1) is 22.5 Å². The Hall–Kier alpha value is -3.25. The second kappa shape index (κ2) is 8.12. The maximum absolute atomic E-state index is 11.8. The van der Waals surface area contributed by atoms with Crippen molar-refractivity contribution in [1.82, 2.24) is 25.1 Å². The van der Waals surface area contributed by atoms with Crippen LogP contribution in [-0.2, 0) is 10.0 Å². The fourth-order valence-corrected chi connectivity index (χ4v) is 4.72. The van der Waals surface area contributed by atoms with Gasteiger partial charge in [-0.1, -0.05) is 6.07 Å². The van der Waals surface area contributed by atoms with Gasteiger partial charge in [0, 0.05) is 17.9 Å². The molecule has 1 saturated carbocycles. The van der Waals surface area contributed by atoms with E-state index >= 15 is 0 Å². The molecule has 3 aromatic rings. The molecule has 0 aliphatic heterocycles. The monoisotopic (exact) mass is 445 g/mol. The van der Waals surface area contributed by atoms with Crippen LogP contribution in [0.15, 0.2) is 35.5 Å². The second-order valence-electron chi connectivity index (χ2n) is 7.67. The highest BCUT2D eigenvalue weighted by Crippen LogP contribution is 2.30. The van der Waals surface area contributed by atoms with E-state index in [2.05, 4.69) is 25.7 Å². The number of sulfonamides is 1. The zero-order valence-corrected chi connectivity index (χ0v) is 17.6. The van der Waals surface area contributed by atoms with Crippen molar-refractivity contribution in [3.8, 4) is 0 Å². The number of aryl methyl sites for hydroxylation is 1. The minimum Gasteiger partial charge on any atom is -0.465 e. The summed E-state index contributed by atoms with van der Waals surface area (Å²) in [6.07, 6.45) is 5.38. The average Bonchev–Trinajstić information content (AvgIpc) is 3.12. The fourth-order valence-electron chi connectivity index (χ4n) is 3.92. The third-order valence-corrected chi connectivity index (χ3v) is 6.51. The normalized spacial score (nSPS) is 19.3. The van der Waals surface area contributed by atoms with Crippen LogP contribution in [-0.4, -0.2) is 45.4 Å². The standard InChI is InChI=1S/C19H23N7O4S/c1-11-2-3-14(8-16(11)31(20,29)30)23-18-21-9-12-10-22-26(17(12)25-18)15-6-4-13(5-7-15)24-19(27)28/h2-3,8-10,13,15,24H,4-7H2,1H3,(H,27,28)(H2,20,29,30)(H,21,23,25)/t13-,15-. The van der Waals surface area contributed by atoms with Crippen molar-refractivity contribution in [2.24, 2.45) is 5.14 Å². The number of fused-ring (bicyclic) bond motifs is 1. The van der Waals surface area contributed by atoms with Crippen LogP contribution in [0, 0.1) is 6.92 Å². The number of carbonyl (C=O) groups is 1. The van der Waals surface area contributed by atoms with E-state index in [1.165, 1.54) is 6.07 Å². The average molecular weight is 446 g/mol. The van der Waals surface area contributed by atoms with Crippen LogP contribution in [0.3, 0.4) is 0 Å². The molecule has 1 aliphatic carbocycles. The third kappa shape index (κ3) is 4.59. The molecule has 4 rings (SSSR count). The molecule has 0 unspecified atom stereocenters. The zero-order valence-electron chi connectivity index (χ0n) is 16.8. The van der Waals surface area contributed by atoms with Gasteiger partial charge in [0.25, 0.3) is 0 Å². The third-order valence-electron chi connectivity index (χ3n) is 5.46. The number of nitrogens with zero attached hydrogens (tertiary/aromatic N) is 4. The van der Waals surface area contributed by atoms with E-state index in [9.17, 15) is 13.2 Å². The van der Waals surface area contributed by atoms with Gasteiger partial charge in [-0.05, 0) is 50.3 Å². The van der Waals surface area contributed by atoms with Crippen molar-refractivity contribution < 1.29 is 18.3 Å². The highest BCUT2D eigenvalue weighted by Gasteiger charge is 2.25. The van der Waals surface area contributed by atoms with Crippen molar-refractivity contribution in [3.05, 3.63) is 36.2 Å². The molecule has 0 bridgehead atoms. The number of nitrogens with one attached hydrogen (secondary N) is 2. The predicted octanol–water partition coefficient (Wildman–Crippen LogP) is 2.28. The Morgan fingerprint density at radius 1 is 1.23 bits per heavy atom. The van der Waals surface area contributed by atoms with Gasteiger partial charge in [0.15, 0.2) is 5.65 Å². The highest BCUT2D eigenvalue weighted by atomic mass is 32.2. The predicted molar refractivity (Wildman–Crippen MR) is 114 cm³/mol. The maximum atomic E-state index is 11.8. The van der Waals surface area contributed by atoms with Gasteiger partial charge >= 0.3 is 6.09 Å². The molecule has 1 amide bonds. The second-order valence-corrected chi connectivity index (χ2v) is 9.20. The van der Waals surface area contributed by atoms with E-state index < -0.39 is 16.1 Å². The fraction of sp³-hybridized carbons (Fsp3) is 0.368. The van der Waals surface area contributed by atoms with Crippen LogP contribution in [0.4, 0.5) is 16.4 Å². The zero-order chi connectivity index (χ0) is 22.2. The molecule has 164 valence electrons. The lowest BCUT2D eigenvalue weighted by molar-refractivity contribution is 0.182. The van der Waals surface area contributed by atoms with Crippen LogP contribution < -0.4 is 15.8 Å². The molecule has 31 heavy (non-hydrogen) atoms. The lowest BCUT2D eigenvalue weighted by atomic mass is 9.91. The summed E-state index contributed by atoms with van der Waals surface area (Å²) in [5, 5.41) is 25.0. The topological polar surface area (TPSA) is 165 Å². The number of amides is 1. The molecule has 1 aliphatic rings. The Labute approximate surface area is 178 Å². The molecular formula is C19H23N7O4S. The number of benzene rings is 1. The van der Waals surface area contributed by atoms with Crippen molar-refractivity contribution in [2.45, 2.75) is 49.6 Å². The maximum Gasteiger partial charge on any atom is 0.404 e. The first-order chi connectivity index (χ1) is 14.7. The quantitative estimate of drug-likeness (QED) is 0.464. The number of hydrogen-bond acceptors (Lipinski definition) is 7. The van der Waals surface area contributed by atoms with E-state index in [0.29, 0.717) is 22.8 Å². The van der Waals surface area contributed by atoms with Crippen molar-refractivity contribution in [2.75, 3.05) is 5.32 Å². The van der Waals surface area contributed by atoms with Gasteiger partial charge < -0.3 is 15.7 Å². The summed E-state index contributed by atoms with van der Waals surface area (Å²) in [4.78, 5) is 19.7.